The monoisotopic (exact) mass is 587 g/mol. The molecule has 0 aliphatic heterocycles. The molecule has 6 nitrogen and oxygen atoms in total. The Morgan fingerprint density at radius 1 is 1.21 bits per heavy atom. The number of hydrogen-bond donors (Lipinski definition) is 0. The number of benzene rings is 2. The molecule has 0 aliphatic rings. The number of carbonyl (C=O) groups is 1. The van der Waals surface area contributed by atoms with Crippen LogP contribution in [0.2, 0.25) is 23.2 Å². The molecule has 0 saturated carbocycles. The van der Waals surface area contributed by atoms with E-state index in [4.69, 9.17) is 20.8 Å². The van der Waals surface area contributed by atoms with Gasteiger partial charge in [0.05, 0.1) is 47.7 Å². The Morgan fingerprint density at radius 3 is 2.64 bits per heavy atom. The van der Waals surface area contributed by atoms with Crippen molar-refractivity contribution in [3.05, 3.63) is 70.9 Å². The number of hydrogen-bond acceptors (Lipinski definition) is 5. The van der Waals surface area contributed by atoms with Gasteiger partial charge in [0.2, 0.25) is 0 Å². The van der Waals surface area contributed by atoms with Crippen LogP contribution < -0.4 is 0 Å². The van der Waals surface area contributed by atoms with Crippen LogP contribution in [0.5, 0.6) is 0 Å². The smallest absolute Gasteiger partial charge is 0.338 e. The third-order valence-corrected chi connectivity index (χ3v) is 13.3. The van der Waals surface area contributed by atoms with Gasteiger partial charge in [0.1, 0.15) is 0 Å². The molecule has 0 N–H and O–H groups in total. The van der Waals surface area contributed by atoms with E-state index < -0.39 is 14.1 Å². The summed E-state index contributed by atoms with van der Waals surface area (Å²) in [5.41, 5.74) is 2.44. The first-order valence-corrected chi connectivity index (χ1v) is 17.0. The maximum atomic E-state index is 15.5. The fourth-order valence-corrected chi connectivity index (χ4v) is 6.35. The normalized spacial score (nSPS) is 12.3. The Morgan fingerprint density at radius 2 is 1.95 bits per heavy atom. The highest BCUT2D eigenvalue weighted by Gasteiger charge is 2.36. The molecule has 0 aliphatic carbocycles. The van der Waals surface area contributed by atoms with Crippen LogP contribution in [-0.4, -0.2) is 41.8 Å². The molecule has 0 spiro atoms. The quantitative estimate of drug-likeness (QED) is 0.146. The van der Waals surface area contributed by atoms with Crippen molar-refractivity contribution in [1.82, 2.24) is 14.3 Å². The number of esters is 1. The van der Waals surface area contributed by atoms with Crippen LogP contribution in [0.4, 0.5) is 4.39 Å². The summed E-state index contributed by atoms with van der Waals surface area (Å²) in [5.74, 6) is -0.861. The lowest BCUT2D eigenvalue weighted by Crippen LogP contribution is -2.41. The first-order valence-electron chi connectivity index (χ1n) is 12.9. The van der Waals surface area contributed by atoms with Crippen molar-refractivity contribution in [2.45, 2.75) is 69.1 Å². The summed E-state index contributed by atoms with van der Waals surface area (Å²) in [6.45, 7) is 16.3. The van der Waals surface area contributed by atoms with Gasteiger partial charge in [0, 0.05) is 27.1 Å². The lowest BCUT2D eigenvalue weighted by atomic mass is 10.2. The van der Waals surface area contributed by atoms with Gasteiger partial charge in [-0.05, 0) is 62.3 Å². The van der Waals surface area contributed by atoms with Gasteiger partial charge in [-0.1, -0.05) is 50.2 Å². The third-order valence-electron chi connectivity index (χ3n) is 7.23. The number of halogens is 2. The number of nitrogens with zero attached hydrogens (tertiary/aromatic N) is 3. The highest BCUT2D eigenvalue weighted by Crippen LogP contribution is 2.42. The average Bonchev–Trinajstić information content (AvgIpc) is 3.43. The summed E-state index contributed by atoms with van der Waals surface area (Å²) in [4.78, 5) is 14.0. The predicted octanol–water partition coefficient (Wildman–Crippen LogP) is 8.28. The number of carbonyl (C=O) groups excluding carboxylic acids is 1. The Kier molecular flexibility index (Phi) is 8.66. The molecule has 2 aromatic heterocycles. The van der Waals surface area contributed by atoms with Gasteiger partial charge in [-0.15, -0.1) is 0 Å². The molecule has 0 saturated heterocycles. The summed E-state index contributed by atoms with van der Waals surface area (Å²) in [5, 5.41) is 5.45. The van der Waals surface area contributed by atoms with E-state index in [0.717, 1.165) is 26.6 Å². The average molecular weight is 588 g/mol. The van der Waals surface area contributed by atoms with E-state index in [1.807, 2.05) is 40.6 Å². The number of rotatable bonds is 9. The van der Waals surface area contributed by atoms with Gasteiger partial charge in [-0.3, -0.25) is 4.68 Å². The zero-order chi connectivity index (χ0) is 28.5. The van der Waals surface area contributed by atoms with E-state index >= 15 is 4.39 Å². The summed E-state index contributed by atoms with van der Waals surface area (Å²) < 4.78 is 30.7. The van der Waals surface area contributed by atoms with E-state index in [9.17, 15) is 4.79 Å². The molecule has 4 aromatic rings. The van der Waals surface area contributed by atoms with Crippen molar-refractivity contribution in [3.8, 4) is 5.69 Å². The molecule has 0 unspecified atom stereocenters. The van der Waals surface area contributed by atoms with Crippen molar-refractivity contribution in [3.63, 3.8) is 0 Å². The first-order chi connectivity index (χ1) is 18.3. The summed E-state index contributed by atoms with van der Waals surface area (Å²) in [6.07, 6.45) is 3.63. The second-order valence-corrected chi connectivity index (χ2v) is 17.2. The fraction of sp³-hybridized carbons (Fsp3) is 0.379. The van der Waals surface area contributed by atoms with Gasteiger partial charge in [0.25, 0.3) is 0 Å². The second-order valence-electron chi connectivity index (χ2n) is 10.9. The Bertz CT molecular complexity index is 1510. The molecular weight excluding hydrogens is 553 g/mol. The topological polar surface area (TPSA) is 58.3 Å². The molecule has 0 atom stereocenters. The molecule has 0 fully saturated rings. The molecular formula is C29H35ClFN3O3SSi. The molecule has 208 valence electrons. The van der Waals surface area contributed by atoms with Gasteiger partial charge < -0.3 is 13.7 Å². The first kappa shape index (κ1) is 29.4. The summed E-state index contributed by atoms with van der Waals surface area (Å²) >= 11 is 7.70. The molecule has 4 rings (SSSR count). The van der Waals surface area contributed by atoms with E-state index in [1.54, 1.807) is 31.3 Å². The van der Waals surface area contributed by atoms with Crippen molar-refractivity contribution < 1.29 is 18.3 Å². The highest BCUT2D eigenvalue weighted by molar-refractivity contribution is 7.99. The molecule has 2 heterocycles. The minimum atomic E-state index is -1.87. The maximum absolute atomic E-state index is 15.5. The molecule has 39 heavy (non-hydrogen) atoms. The minimum Gasteiger partial charge on any atom is -0.462 e. The zero-order valence-electron chi connectivity index (χ0n) is 23.5. The minimum absolute atomic E-state index is 0.0530. The van der Waals surface area contributed by atoms with Crippen LogP contribution in [0.25, 0.3) is 16.6 Å². The Balaban J connectivity index is 1.68. The van der Waals surface area contributed by atoms with E-state index in [0.29, 0.717) is 30.8 Å². The number of ether oxygens (including phenoxy) is 1. The van der Waals surface area contributed by atoms with Crippen LogP contribution in [-0.2, 0) is 15.7 Å². The van der Waals surface area contributed by atoms with Crippen LogP contribution in [0.3, 0.4) is 0 Å². The Labute approximate surface area is 239 Å². The molecule has 0 radical (unpaired) electrons. The lowest BCUT2D eigenvalue weighted by Gasteiger charge is -2.36. The largest absolute Gasteiger partial charge is 0.462 e. The van der Waals surface area contributed by atoms with Crippen LogP contribution in [0, 0.1) is 12.7 Å². The van der Waals surface area contributed by atoms with E-state index in [1.165, 1.54) is 11.8 Å². The van der Waals surface area contributed by atoms with Crippen molar-refractivity contribution in [1.29, 1.82) is 0 Å². The fourth-order valence-electron chi connectivity index (χ4n) is 4.08. The number of fused-ring (bicyclic) bond motifs is 1. The standard InChI is InChI=1S/C29H35ClFN3O3SSi/c1-8-36-28(35)20-10-9-11-22(16-20)38-27-19(2)34(26-23(27)12-13-24(30)25(26)31)21-17-32-33(18-21)14-15-37-39(6,7)29(3,4)5/h9-13,16-18H,8,14-15H2,1-7H3. The Hall–Kier alpha value is -2.59. The van der Waals surface area contributed by atoms with Crippen molar-refractivity contribution in [2.75, 3.05) is 13.2 Å². The van der Waals surface area contributed by atoms with Crippen LogP contribution in [0.15, 0.2) is 58.6 Å². The van der Waals surface area contributed by atoms with Gasteiger partial charge in [-0.2, -0.15) is 5.10 Å². The van der Waals surface area contributed by atoms with Gasteiger partial charge >= 0.3 is 5.97 Å². The molecule has 10 heteroatoms. The SMILES string of the molecule is CCOC(=O)c1cccc(Sc2c(C)n(-c3cnn(CCO[Si](C)(C)C(C)(C)C)c3)c3c(F)c(Cl)ccc23)c1. The van der Waals surface area contributed by atoms with Crippen LogP contribution in [0.1, 0.15) is 43.7 Å². The summed E-state index contributed by atoms with van der Waals surface area (Å²) in [7, 11) is -1.87. The lowest BCUT2D eigenvalue weighted by molar-refractivity contribution is 0.0526. The van der Waals surface area contributed by atoms with Crippen molar-refractivity contribution in [2.24, 2.45) is 0 Å². The second kappa shape index (κ2) is 11.5. The zero-order valence-corrected chi connectivity index (χ0v) is 26.0. The van der Waals surface area contributed by atoms with Gasteiger partial charge in [-0.25, -0.2) is 9.18 Å². The maximum Gasteiger partial charge on any atom is 0.338 e. The molecule has 0 bridgehead atoms. The third kappa shape index (κ3) is 6.11. The van der Waals surface area contributed by atoms with E-state index in [2.05, 4.69) is 39.0 Å². The van der Waals surface area contributed by atoms with Crippen molar-refractivity contribution >= 4 is 48.6 Å². The van der Waals surface area contributed by atoms with Gasteiger partial charge in [0.15, 0.2) is 14.1 Å². The van der Waals surface area contributed by atoms with Crippen LogP contribution >= 0.6 is 23.4 Å². The predicted molar refractivity (Wildman–Crippen MR) is 158 cm³/mol. The summed E-state index contributed by atoms with van der Waals surface area (Å²) in [6, 6.07) is 10.7. The van der Waals surface area contributed by atoms with E-state index in [-0.39, 0.29) is 16.0 Å². The molecule has 0 amide bonds. The molecule has 2 aromatic carbocycles. The highest BCUT2D eigenvalue weighted by atomic mass is 35.5. The number of aromatic nitrogens is 3.